The Balaban J connectivity index is 2.26. The third-order valence-corrected chi connectivity index (χ3v) is 3.85. The summed E-state index contributed by atoms with van der Waals surface area (Å²) in [5.74, 6) is -3.48. The minimum Gasteiger partial charge on any atom is -0.507 e. The van der Waals surface area contributed by atoms with Crippen LogP contribution in [-0.4, -0.2) is 36.3 Å². The van der Waals surface area contributed by atoms with Crippen LogP contribution in [0.15, 0.2) is 36.4 Å². The van der Waals surface area contributed by atoms with Gasteiger partial charge >= 0.3 is 0 Å². The van der Waals surface area contributed by atoms with Gasteiger partial charge in [-0.1, -0.05) is 6.07 Å². The molecule has 0 bridgehead atoms. The lowest BCUT2D eigenvalue weighted by atomic mass is 10.0. The summed E-state index contributed by atoms with van der Waals surface area (Å²) in [6.07, 6.45) is 0. The van der Waals surface area contributed by atoms with Gasteiger partial charge in [-0.3, -0.25) is 9.35 Å². The topological polar surface area (TPSA) is 104 Å². The molecule has 0 spiro atoms. The summed E-state index contributed by atoms with van der Waals surface area (Å²) in [4.78, 5) is 12.0. The van der Waals surface area contributed by atoms with Gasteiger partial charge in [0.25, 0.3) is 16.0 Å². The number of carbonyl (C=O) groups excluding carboxylic acids is 1. The number of benzene rings is 2. The highest BCUT2D eigenvalue weighted by Crippen LogP contribution is 2.28. The van der Waals surface area contributed by atoms with Gasteiger partial charge in [0, 0.05) is 18.2 Å². The quantitative estimate of drug-likeness (QED) is 0.710. The van der Waals surface area contributed by atoms with Crippen LogP contribution in [0.1, 0.15) is 10.4 Å². The van der Waals surface area contributed by atoms with Crippen molar-refractivity contribution >= 4 is 16.0 Å². The Morgan fingerprint density at radius 3 is 2.46 bits per heavy atom. The number of phenolic OH excluding ortho intramolecular Hbond substituents is 1. The molecule has 0 aromatic heterocycles. The highest BCUT2D eigenvalue weighted by molar-refractivity contribution is 7.85. The molecule has 0 saturated carbocycles. The Labute approximate surface area is 136 Å². The van der Waals surface area contributed by atoms with E-state index in [9.17, 15) is 27.1 Å². The molecule has 0 unspecified atom stereocenters. The Morgan fingerprint density at radius 2 is 1.83 bits per heavy atom. The third kappa shape index (κ3) is 4.49. The van der Waals surface area contributed by atoms with E-state index in [0.29, 0.717) is 6.07 Å². The van der Waals surface area contributed by atoms with Crippen LogP contribution in [0.25, 0.3) is 11.1 Å². The van der Waals surface area contributed by atoms with Crippen LogP contribution < -0.4 is 5.32 Å². The zero-order valence-electron chi connectivity index (χ0n) is 12.2. The summed E-state index contributed by atoms with van der Waals surface area (Å²) in [5, 5.41) is 11.9. The molecule has 0 saturated heterocycles. The van der Waals surface area contributed by atoms with E-state index in [1.54, 1.807) is 0 Å². The van der Waals surface area contributed by atoms with E-state index in [-0.39, 0.29) is 23.2 Å². The summed E-state index contributed by atoms with van der Waals surface area (Å²) in [7, 11) is -4.24. The molecular formula is C15H13F2NO5S. The van der Waals surface area contributed by atoms with Crippen LogP contribution in [0.4, 0.5) is 8.78 Å². The predicted molar refractivity (Wildman–Crippen MR) is 82.2 cm³/mol. The van der Waals surface area contributed by atoms with Crippen molar-refractivity contribution in [2.75, 3.05) is 12.3 Å². The number of rotatable bonds is 5. The first-order chi connectivity index (χ1) is 11.2. The number of amides is 1. The van der Waals surface area contributed by atoms with Crippen LogP contribution in [0.5, 0.6) is 5.75 Å². The largest absolute Gasteiger partial charge is 0.507 e. The Kier molecular flexibility index (Phi) is 5.15. The van der Waals surface area contributed by atoms with Gasteiger partial charge in [-0.15, -0.1) is 0 Å². The number of hydrogen-bond acceptors (Lipinski definition) is 4. The molecule has 9 heteroatoms. The maximum Gasteiger partial charge on any atom is 0.266 e. The SMILES string of the molecule is O=C(NCCS(=O)(=O)O)c1cc(-c2ccc(F)cc2F)ccc1O. The molecule has 24 heavy (non-hydrogen) atoms. The van der Waals surface area contributed by atoms with Gasteiger partial charge in [-0.2, -0.15) is 8.42 Å². The smallest absolute Gasteiger partial charge is 0.266 e. The first-order valence-corrected chi connectivity index (χ1v) is 8.30. The molecule has 0 atom stereocenters. The van der Waals surface area contributed by atoms with E-state index in [1.807, 2.05) is 0 Å². The lowest BCUT2D eigenvalue weighted by Crippen LogP contribution is -2.29. The Hall–Kier alpha value is -2.52. The normalized spacial score (nSPS) is 11.3. The number of halogens is 2. The molecule has 3 N–H and O–H groups in total. The summed E-state index contributed by atoms with van der Waals surface area (Å²) in [6, 6.07) is 6.63. The van der Waals surface area contributed by atoms with Crippen molar-refractivity contribution in [1.82, 2.24) is 5.32 Å². The molecule has 0 aliphatic carbocycles. The van der Waals surface area contributed by atoms with E-state index in [1.165, 1.54) is 18.2 Å². The van der Waals surface area contributed by atoms with Gasteiger partial charge in [0.05, 0.1) is 11.3 Å². The molecule has 2 rings (SSSR count). The van der Waals surface area contributed by atoms with Crippen molar-refractivity contribution in [3.63, 3.8) is 0 Å². The minimum atomic E-state index is -4.24. The molecule has 1 amide bonds. The molecule has 128 valence electrons. The summed E-state index contributed by atoms with van der Waals surface area (Å²) in [6.45, 7) is -0.369. The van der Waals surface area contributed by atoms with Crippen molar-refractivity contribution in [1.29, 1.82) is 0 Å². The number of carbonyl (C=O) groups is 1. The van der Waals surface area contributed by atoms with Gasteiger partial charge in [-0.25, -0.2) is 8.78 Å². The average Bonchev–Trinajstić information content (AvgIpc) is 2.46. The van der Waals surface area contributed by atoms with Crippen LogP contribution in [0.3, 0.4) is 0 Å². The number of hydrogen-bond donors (Lipinski definition) is 3. The molecule has 0 fully saturated rings. The molecule has 0 radical (unpaired) electrons. The highest BCUT2D eigenvalue weighted by atomic mass is 32.2. The van der Waals surface area contributed by atoms with Crippen molar-refractivity contribution in [2.24, 2.45) is 0 Å². The van der Waals surface area contributed by atoms with Crippen LogP contribution in [0.2, 0.25) is 0 Å². The first kappa shape index (κ1) is 17.8. The fourth-order valence-corrected chi connectivity index (χ4v) is 2.36. The van der Waals surface area contributed by atoms with Crippen molar-refractivity contribution in [2.45, 2.75) is 0 Å². The van der Waals surface area contributed by atoms with E-state index in [0.717, 1.165) is 12.1 Å². The summed E-state index contributed by atoms with van der Waals surface area (Å²) in [5.41, 5.74) is 0.0418. The zero-order valence-corrected chi connectivity index (χ0v) is 13.0. The molecule has 2 aromatic rings. The second kappa shape index (κ2) is 6.93. The first-order valence-electron chi connectivity index (χ1n) is 6.69. The van der Waals surface area contributed by atoms with Gasteiger partial charge in [-0.05, 0) is 29.8 Å². The maximum atomic E-state index is 13.8. The average molecular weight is 357 g/mol. The van der Waals surface area contributed by atoms with E-state index < -0.39 is 39.2 Å². The van der Waals surface area contributed by atoms with Crippen LogP contribution >= 0.6 is 0 Å². The maximum absolute atomic E-state index is 13.8. The van der Waals surface area contributed by atoms with Crippen molar-refractivity contribution in [3.05, 3.63) is 53.6 Å². The molecule has 0 aliphatic rings. The monoisotopic (exact) mass is 357 g/mol. The summed E-state index contributed by atoms with van der Waals surface area (Å²) < 4.78 is 56.6. The highest BCUT2D eigenvalue weighted by Gasteiger charge is 2.15. The lowest BCUT2D eigenvalue weighted by molar-refractivity contribution is 0.0953. The number of nitrogens with one attached hydrogen (secondary N) is 1. The molecule has 2 aromatic carbocycles. The Morgan fingerprint density at radius 1 is 1.12 bits per heavy atom. The van der Waals surface area contributed by atoms with Gasteiger partial charge < -0.3 is 10.4 Å². The molecule has 6 nitrogen and oxygen atoms in total. The minimum absolute atomic E-state index is 0.0309. The lowest BCUT2D eigenvalue weighted by Gasteiger charge is -2.09. The Bertz CT molecular complexity index is 883. The zero-order chi connectivity index (χ0) is 17.9. The standard InChI is InChI=1S/C15H13F2NO5S/c16-10-2-3-11(13(17)8-10)9-1-4-14(19)12(7-9)15(20)18-5-6-24(21,22)23/h1-4,7-8,19H,5-6H2,(H,18,20)(H,21,22,23). The fraction of sp³-hybridized carbons (Fsp3) is 0.133. The van der Waals surface area contributed by atoms with Gasteiger partial charge in [0.2, 0.25) is 0 Å². The second-order valence-corrected chi connectivity index (χ2v) is 6.47. The molecule has 0 aliphatic heterocycles. The van der Waals surface area contributed by atoms with Gasteiger partial charge in [0.15, 0.2) is 0 Å². The predicted octanol–water partition coefficient (Wildman–Crippen LogP) is 1.96. The van der Waals surface area contributed by atoms with Crippen LogP contribution in [0, 0.1) is 11.6 Å². The van der Waals surface area contributed by atoms with Crippen LogP contribution in [-0.2, 0) is 10.1 Å². The van der Waals surface area contributed by atoms with E-state index >= 15 is 0 Å². The van der Waals surface area contributed by atoms with Gasteiger partial charge in [0.1, 0.15) is 17.4 Å². The summed E-state index contributed by atoms with van der Waals surface area (Å²) >= 11 is 0. The second-order valence-electron chi connectivity index (χ2n) is 4.90. The van der Waals surface area contributed by atoms with Crippen molar-refractivity contribution < 1.29 is 31.7 Å². The number of phenols is 1. The van der Waals surface area contributed by atoms with Crippen molar-refractivity contribution in [3.8, 4) is 16.9 Å². The van der Waals surface area contributed by atoms with E-state index in [2.05, 4.69) is 5.32 Å². The molecule has 0 heterocycles. The molecular weight excluding hydrogens is 344 g/mol. The fourth-order valence-electron chi connectivity index (χ4n) is 2.00. The third-order valence-electron chi connectivity index (χ3n) is 3.13. The van der Waals surface area contributed by atoms with E-state index in [4.69, 9.17) is 4.55 Å². The number of aromatic hydroxyl groups is 1.